The van der Waals surface area contributed by atoms with Crippen LogP contribution in [0.2, 0.25) is 0 Å². The zero-order valence-corrected chi connectivity index (χ0v) is 22.3. The smallest absolute Gasteiger partial charge is 0.229 e. The number of carbonyl (C=O) groups excluding carboxylic acids is 3. The van der Waals surface area contributed by atoms with E-state index in [4.69, 9.17) is 0 Å². The number of hydrogen-bond donors (Lipinski definition) is 3. The fourth-order valence-electron chi connectivity index (χ4n) is 3.78. The van der Waals surface area contributed by atoms with E-state index in [1.165, 1.54) is 0 Å². The van der Waals surface area contributed by atoms with Crippen LogP contribution in [0.4, 0.5) is 5.69 Å². The summed E-state index contributed by atoms with van der Waals surface area (Å²) in [5.74, 6) is -0.700. The molecule has 2 aliphatic carbocycles. The fourth-order valence-corrected chi connectivity index (χ4v) is 3.78. The van der Waals surface area contributed by atoms with Gasteiger partial charge in [0.1, 0.15) is 11.5 Å². The molecule has 0 unspecified atom stereocenters. The molecule has 0 saturated carbocycles. The molecule has 36 heavy (non-hydrogen) atoms. The number of carbonyl (C=O) groups is 3. The Bertz CT molecular complexity index is 1290. The molecule has 3 N–H and O–H groups in total. The van der Waals surface area contributed by atoms with Crippen molar-refractivity contribution in [3.8, 4) is 0 Å². The summed E-state index contributed by atoms with van der Waals surface area (Å²) >= 11 is 0. The van der Waals surface area contributed by atoms with Crippen molar-refractivity contribution in [2.24, 2.45) is 15.8 Å². The van der Waals surface area contributed by atoms with Gasteiger partial charge < -0.3 is 15.7 Å². The topological polar surface area (TPSA) is 108 Å². The van der Waals surface area contributed by atoms with E-state index < -0.39 is 10.8 Å². The number of allylic oxidation sites excluding steroid dienone is 5. The van der Waals surface area contributed by atoms with Crippen LogP contribution in [-0.2, 0) is 20.8 Å². The van der Waals surface area contributed by atoms with Crippen LogP contribution in [0.5, 0.6) is 0 Å². The molecule has 0 radical (unpaired) electrons. The van der Waals surface area contributed by atoms with Gasteiger partial charge in [0.2, 0.25) is 11.7 Å². The Balaban J connectivity index is 2.11. The summed E-state index contributed by atoms with van der Waals surface area (Å²) in [6, 6.07) is 5.38. The normalized spacial score (nSPS) is 19.3. The van der Waals surface area contributed by atoms with Crippen molar-refractivity contribution < 1.29 is 19.5 Å². The SMILES string of the molecule is CN=C1C=CC(=C2C(=O)C(c3ccc(NC)cc3CC(=O)C(C)(C)C)=C2O)C(NC(=O)C(C)(C)C)=C1. The van der Waals surface area contributed by atoms with Gasteiger partial charge in [-0.1, -0.05) is 47.6 Å². The van der Waals surface area contributed by atoms with Crippen molar-refractivity contribution >= 4 is 34.4 Å². The number of rotatable bonds is 5. The third-order valence-corrected chi connectivity index (χ3v) is 6.24. The van der Waals surface area contributed by atoms with Gasteiger partial charge in [0.25, 0.3) is 0 Å². The number of aliphatic hydroxyl groups excluding tert-OH is 1. The Morgan fingerprint density at radius 3 is 2.19 bits per heavy atom. The standard InChI is InChI=1S/C29H35N3O4/c1-28(2,3)22(33)14-16-13-17(30-7)9-11-19(16)23-25(34)24(26(23)35)20-12-10-18(31-8)15-21(20)32-27(36)29(4,5)6/h9-13,15,30,34H,14H2,1-8H3,(H,32,36). The van der Waals surface area contributed by atoms with Crippen LogP contribution >= 0.6 is 0 Å². The van der Waals surface area contributed by atoms with Crippen LogP contribution in [0.15, 0.2) is 64.0 Å². The second-order valence-electron chi connectivity index (χ2n) is 11.1. The summed E-state index contributed by atoms with van der Waals surface area (Å²) < 4.78 is 0. The molecule has 0 fully saturated rings. The Morgan fingerprint density at radius 2 is 1.67 bits per heavy atom. The maximum absolute atomic E-state index is 13.5. The fraction of sp³-hybridized carbons (Fsp3) is 0.379. The van der Waals surface area contributed by atoms with E-state index >= 15 is 0 Å². The molecule has 7 nitrogen and oxygen atoms in total. The first kappa shape index (κ1) is 26.9. The third-order valence-electron chi connectivity index (χ3n) is 6.24. The number of nitrogens with one attached hydrogen (secondary N) is 2. The van der Waals surface area contributed by atoms with Gasteiger partial charge in [0, 0.05) is 42.6 Å². The van der Waals surface area contributed by atoms with E-state index in [9.17, 15) is 19.5 Å². The monoisotopic (exact) mass is 489 g/mol. The minimum atomic E-state index is -0.655. The van der Waals surface area contributed by atoms with Gasteiger partial charge in [-0.15, -0.1) is 0 Å². The summed E-state index contributed by atoms with van der Waals surface area (Å²) in [6.45, 7) is 10.9. The number of amides is 1. The zero-order chi connectivity index (χ0) is 27.0. The Morgan fingerprint density at radius 1 is 1.00 bits per heavy atom. The maximum atomic E-state index is 13.5. The Hall–Kier alpha value is -3.74. The quantitative estimate of drug-likeness (QED) is 0.519. The number of ketones is 2. The number of Topliss-reactive ketones (excluding diaryl/α,β-unsaturated/α-hetero) is 2. The first-order chi connectivity index (χ1) is 16.7. The number of benzene rings is 1. The molecule has 0 atom stereocenters. The van der Waals surface area contributed by atoms with Crippen LogP contribution in [-0.4, -0.2) is 42.4 Å². The molecule has 3 rings (SSSR count). The minimum absolute atomic E-state index is 0.0270. The summed E-state index contributed by atoms with van der Waals surface area (Å²) in [5.41, 5.74) is 2.54. The van der Waals surface area contributed by atoms with Crippen molar-refractivity contribution in [3.05, 3.63) is 70.2 Å². The largest absolute Gasteiger partial charge is 0.506 e. The van der Waals surface area contributed by atoms with Crippen LogP contribution in [0.1, 0.15) is 52.7 Å². The van der Waals surface area contributed by atoms with E-state index in [0.717, 1.165) is 5.69 Å². The predicted molar refractivity (Wildman–Crippen MR) is 144 cm³/mol. The molecule has 7 heteroatoms. The van der Waals surface area contributed by atoms with Crippen molar-refractivity contribution in [1.29, 1.82) is 0 Å². The molecule has 0 bridgehead atoms. The van der Waals surface area contributed by atoms with Crippen LogP contribution in [0, 0.1) is 10.8 Å². The second kappa shape index (κ2) is 9.72. The summed E-state index contributed by atoms with van der Waals surface area (Å²) in [7, 11) is 3.41. The minimum Gasteiger partial charge on any atom is -0.506 e. The van der Waals surface area contributed by atoms with Crippen molar-refractivity contribution in [2.45, 2.75) is 48.0 Å². The van der Waals surface area contributed by atoms with Crippen LogP contribution < -0.4 is 10.6 Å². The van der Waals surface area contributed by atoms with Gasteiger partial charge >= 0.3 is 0 Å². The average molecular weight is 490 g/mol. The number of nitrogens with zero attached hydrogens (tertiary/aromatic N) is 1. The van der Waals surface area contributed by atoms with Gasteiger partial charge in [-0.2, -0.15) is 0 Å². The Kier molecular flexibility index (Phi) is 7.25. The third kappa shape index (κ3) is 5.25. The van der Waals surface area contributed by atoms with E-state index in [1.54, 1.807) is 65.2 Å². The predicted octanol–water partition coefficient (Wildman–Crippen LogP) is 4.72. The highest BCUT2D eigenvalue weighted by Gasteiger charge is 2.39. The van der Waals surface area contributed by atoms with Gasteiger partial charge in [-0.05, 0) is 41.5 Å². The summed E-state index contributed by atoms with van der Waals surface area (Å²) in [5, 5.41) is 17.1. The van der Waals surface area contributed by atoms with Gasteiger partial charge in [-0.3, -0.25) is 19.4 Å². The van der Waals surface area contributed by atoms with Crippen molar-refractivity contribution in [3.63, 3.8) is 0 Å². The summed E-state index contributed by atoms with van der Waals surface area (Å²) in [6.07, 6.45) is 5.21. The lowest BCUT2D eigenvalue weighted by Crippen LogP contribution is -2.36. The highest BCUT2D eigenvalue weighted by Crippen LogP contribution is 2.42. The van der Waals surface area contributed by atoms with Crippen molar-refractivity contribution in [2.75, 3.05) is 19.4 Å². The Labute approximate surface area is 212 Å². The highest BCUT2D eigenvalue weighted by molar-refractivity contribution is 6.40. The number of hydrogen-bond acceptors (Lipinski definition) is 6. The van der Waals surface area contributed by atoms with Crippen molar-refractivity contribution in [1.82, 2.24) is 5.32 Å². The lowest BCUT2D eigenvalue weighted by atomic mass is 9.76. The second-order valence-corrected chi connectivity index (χ2v) is 11.1. The van der Waals surface area contributed by atoms with E-state index in [2.05, 4.69) is 15.6 Å². The molecule has 0 spiro atoms. The molecule has 1 aromatic carbocycles. The molecule has 190 valence electrons. The molecule has 0 aromatic heterocycles. The van der Waals surface area contributed by atoms with Crippen LogP contribution in [0.3, 0.4) is 0 Å². The van der Waals surface area contributed by atoms with E-state index in [-0.39, 0.29) is 40.8 Å². The molecule has 0 heterocycles. The molecule has 1 amide bonds. The van der Waals surface area contributed by atoms with Crippen LogP contribution in [0.25, 0.3) is 5.57 Å². The van der Waals surface area contributed by atoms with Gasteiger partial charge in [-0.25, -0.2) is 0 Å². The molecule has 2 aliphatic rings. The summed E-state index contributed by atoms with van der Waals surface area (Å²) in [4.78, 5) is 43.1. The number of anilines is 1. The average Bonchev–Trinajstić information content (AvgIpc) is 2.79. The molecular weight excluding hydrogens is 454 g/mol. The molecule has 1 aromatic rings. The van der Waals surface area contributed by atoms with E-state index in [0.29, 0.717) is 28.1 Å². The maximum Gasteiger partial charge on any atom is 0.229 e. The zero-order valence-electron chi connectivity index (χ0n) is 22.3. The number of aliphatic imine (C=N–C) groups is 1. The first-order valence-corrected chi connectivity index (χ1v) is 11.9. The highest BCUT2D eigenvalue weighted by atomic mass is 16.3. The van der Waals surface area contributed by atoms with Gasteiger partial charge in [0.15, 0.2) is 0 Å². The molecule has 0 saturated heterocycles. The lowest BCUT2D eigenvalue weighted by Gasteiger charge is -2.28. The first-order valence-electron chi connectivity index (χ1n) is 11.9. The molecule has 0 aliphatic heterocycles. The van der Waals surface area contributed by atoms with E-state index in [1.807, 2.05) is 26.8 Å². The number of aliphatic hydroxyl groups is 1. The lowest BCUT2D eigenvalue weighted by molar-refractivity contribution is -0.127. The molecular formula is C29H35N3O4. The van der Waals surface area contributed by atoms with Gasteiger partial charge in [0.05, 0.1) is 22.6 Å².